The molecule has 5 heteroatoms. The summed E-state index contributed by atoms with van der Waals surface area (Å²) in [6.07, 6.45) is 3.12. The highest BCUT2D eigenvalue weighted by molar-refractivity contribution is 5.93. The predicted molar refractivity (Wildman–Crippen MR) is 54.5 cm³/mol. The van der Waals surface area contributed by atoms with Crippen molar-refractivity contribution in [3.63, 3.8) is 0 Å². The van der Waals surface area contributed by atoms with E-state index in [2.05, 4.69) is 10.3 Å². The van der Waals surface area contributed by atoms with E-state index in [4.69, 9.17) is 9.84 Å². The third kappa shape index (κ3) is 4.53. The first-order valence-corrected chi connectivity index (χ1v) is 4.71. The maximum Gasteiger partial charge on any atom is 0.252 e. The first kappa shape index (κ1) is 11.6. The van der Waals surface area contributed by atoms with Crippen LogP contribution < -0.4 is 5.32 Å². The van der Waals surface area contributed by atoms with Crippen LogP contribution in [0.3, 0.4) is 0 Å². The Balaban J connectivity index is 2.20. The molecule has 1 aromatic rings. The molecule has 0 aliphatic rings. The van der Waals surface area contributed by atoms with E-state index in [1.807, 2.05) is 0 Å². The van der Waals surface area contributed by atoms with Crippen molar-refractivity contribution in [3.8, 4) is 0 Å². The minimum Gasteiger partial charge on any atom is -0.394 e. The van der Waals surface area contributed by atoms with Crippen LogP contribution in [0.5, 0.6) is 0 Å². The van der Waals surface area contributed by atoms with E-state index in [1.54, 1.807) is 18.3 Å². The lowest BCUT2D eigenvalue weighted by molar-refractivity contribution is 0.0838. The molecule has 0 saturated heterocycles. The van der Waals surface area contributed by atoms with E-state index in [1.165, 1.54) is 6.20 Å². The lowest BCUT2D eigenvalue weighted by Gasteiger charge is -2.04. The molecule has 5 nitrogen and oxygen atoms in total. The highest BCUT2D eigenvalue weighted by Crippen LogP contribution is 1.94. The third-order valence-electron chi connectivity index (χ3n) is 1.69. The summed E-state index contributed by atoms with van der Waals surface area (Å²) in [5.74, 6) is -0.171. The second kappa shape index (κ2) is 6.92. The molecule has 0 radical (unpaired) electrons. The van der Waals surface area contributed by atoms with Crippen LogP contribution in [0.15, 0.2) is 24.5 Å². The van der Waals surface area contributed by atoms with Gasteiger partial charge in [-0.15, -0.1) is 0 Å². The number of ether oxygens (including phenoxy) is 1. The van der Waals surface area contributed by atoms with Crippen LogP contribution in [0.1, 0.15) is 10.4 Å². The summed E-state index contributed by atoms with van der Waals surface area (Å²) in [5.41, 5.74) is 0.527. The second-order valence-electron chi connectivity index (χ2n) is 2.83. The van der Waals surface area contributed by atoms with Gasteiger partial charge in [0.25, 0.3) is 5.91 Å². The van der Waals surface area contributed by atoms with Gasteiger partial charge in [0.05, 0.1) is 25.4 Å². The lowest BCUT2D eigenvalue weighted by Crippen LogP contribution is -2.27. The van der Waals surface area contributed by atoms with Crippen LogP contribution in [0.4, 0.5) is 0 Å². The highest BCUT2D eigenvalue weighted by atomic mass is 16.5. The molecule has 0 atom stereocenters. The van der Waals surface area contributed by atoms with Gasteiger partial charge >= 0.3 is 0 Å². The quantitative estimate of drug-likeness (QED) is 0.639. The smallest absolute Gasteiger partial charge is 0.252 e. The van der Waals surface area contributed by atoms with E-state index in [0.717, 1.165) is 0 Å². The zero-order valence-electron chi connectivity index (χ0n) is 8.35. The maximum atomic E-state index is 11.4. The van der Waals surface area contributed by atoms with Gasteiger partial charge in [-0.1, -0.05) is 0 Å². The molecule has 82 valence electrons. The number of rotatable bonds is 6. The van der Waals surface area contributed by atoms with Crippen LogP contribution >= 0.6 is 0 Å². The first-order valence-electron chi connectivity index (χ1n) is 4.71. The summed E-state index contributed by atoms with van der Waals surface area (Å²) in [5, 5.41) is 11.1. The van der Waals surface area contributed by atoms with Crippen molar-refractivity contribution in [2.24, 2.45) is 0 Å². The van der Waals surface area contributed by atoms with Gasteiger partial charge in [-0.2, -0.15) is 0 Å². The Morgan fingerprint density at radius 1 is 1.53 bits per heavy atom. The molecule has 15 heavy (non-hydrogen) atoms. The number of hydrogen-bond acceptors (Lipinski definition) is 4. The van der Waals surface area contributed by atoms with Crippen LogP contribution in [0, 0.1) is 0 Å². The van der Waals surface area contributed by atoms with Gasteiger partial charge in [0.2, 0.25) is 0 Å². The molecular formula is C10H14N2O3. The largest absolute Gasteiger partial charge is 0.394 e. The molecule has 1 rings (SSSR count). The fraction of sp³-hybridized carbons (Fsp3) is 0.400. The molecule has 0 aromatic carbocycles. The number of pyridine rings is 1. The number of hydrogen-bond donors (Lipinski definition) is 2. The fourth-order valence-electron chi connectivity index (χ4n) is 1.00. The number of nitrogens with one attached hydrogen (secondary N) is 1. The molecule has 2 N–H and O–H groups in total. The van der Waals surface area contributed by atoms with Crippen molar-refractivity contribution in [2.45, 2.75) is 0 Å². The molecule has 0 fully saturated rings. The molecule has 1 amide bonds. The van der Waals surface area contributed by atoms with Gasteiger partial charge in [0, 0.05) is 18.9 Å². The van der Waals surface area contributed by atoms with Crippen molar-refractivity contribution < 1.29 is 14.6 Å². The summed E-state index contributed by atoms with van der Waals surface area (Å²) in [6, 6.07) is 3.40. The predicted octanol–water partition coefficient (Wildman–Crippen LogP) is -0.180. The minimum absolute atomic E-state index is 0.00342. The van der Waals surface area contributed by atoms with E-state index >= 15 is 0 Å². The fourth-order valence-corrected chi connectivity index (χ4v) is 1.00. The average Bonchev–Trinajstić information content (AvgIpc) is 2.30. The van der Waals surface area contributed by atoms with Gasteiger partial charge in [-0.05, 0) is 12.1 Å². The van der Waals surface area contributed by atoms with Crippen molar-refractivity contribution >= 4 is 5.91 Å². The summed E-state index contributed by atoms with van der Waals surface area (Å²) in [6.45, 7) is 1.11. The zero-order valence-corrected chi connectivity index (χ0v) is 8.35. The standard InChI is InChI=1S/C10H14N2O3/c13-5-7-15-6-4-12-10(14)9-2-1-3-11-8-9/h1-3,8,13H,4-7H2,(H,12,14). The van der Waals surface area contributed by atoms with Gasteiger partial charge in [0.1, 0.15) is 0 Å². The normalized spacial score (nSPS) is 9.93. The number of carbonyl (C=O) groups is 1. The maximum absolute atomic E-state index is 11.4. The van der Waals surface area contributed by atoms with Crippen molar-refractivity contribution in [1.29, 1.82) is 0 Å². The lowest BCUT2D eigenvalue weighted by atomic mass is 10.3. The molecule has 1 aromatic heterocycles. The molecule has 0 aliphatic carbocycles. The van der Waals surface area contributed by atoms with Gasteiger partial charge in [-0.3, -0.25) is 9.78 Å². The third-order valence-corrected chi connectivity index (χ3v) is 1.69. The Labute approximate surface area is 88.1 Å². The van der Waals surface area contributed by atoms with Crippen molar-refractivity contribution in [1.82, 2.24) is 10.3 Å². The van der Waals surface area contributed by atoms with E-state index in [0.29, 0.717) is 25.3 Å². The Hall–Kier alpha value is -1.46. The second-order valence-corrected chi connectivity index (χ2v) is 2.83. The number of carbonyl (C=O) groups excluding carboxylic acids is 1. The van der Waals surface area contributed by atoms with Crippen LogP contribution in [-0.2, 0) is 4.74 Å². The Bertz CT molecular complexity index is 290. The van der Waals surface area contributed by atoms with Gasteiger partial charge < -0.3 is 15.2 Å². The SMILES string of the molecule is O=C(NCCOCCO)c1cccnc1. The molecule has 1 heterocycles. The van der Waals surface area contributed by atoms with E-state index < -0.39 is 0 Å². The van der Waals surface area contributed by atoms with Crippen molar-refractivity contribution in [3.05, 3.63) is 30.1 Å². The number of aliphatic hydroxyl groups excluding tert-OH is 1. The monoisotopic (exact) mass is 210 g/mol. The summed E-state index contributed by atoms with van der Waals surface area (Å²) in [4.78, 5) is 15.3. The minimum atomic E-state index is -0.171. The summed E-state index contributed by atoms with van der Waals surface area (Å²) < 4.78 is 4.99. The molecule has 0 unspecified atom stereocenters. The number of aromatic nitrogens is 1. The summed E-state index contributed by atoms with van der Waals surface area (Å²) in [7, 11) is 0. The molecule has 0 aliphatic heterocycles. The zero-order chi connectivity index (χ0) is 10.9. The molecule has 0 saturated carbocycles. The van der Waals surface area contributed by atoms with E-state index in [-0.39, 0.29) is 12.5 Å². The number of aliphatic hydroxyl groups is 1. The average molecular weight is 210 g/mol. The van der Waals surface area contributed by atoms with Gasteiger partial charge in [-0.25, -0.2) is 0 Å². The number of nitrogens with zero attached hydrogens (tertiary/aromatic N) is 1. The molecule has 0 bridgehead atoms. The van der Waals surface area contributed by atoms with Crippen LogP contribution in [0.25, 0.3) is 0 Å². The topological polar surface area (TPSA) is 71.5 Å². The van der Waals surface area contributed by atoms with Crippen LogP contribution in [-0.4, -0.2) is 42.4 Å². The van der Waals surface area contributed by atoms with Crippen LogP contribution in [0.2, 0.25) is 0 Å². The Morgan fingerprint density at radius 2 is 2.40 bits per heavy atom. The van der Waals surface area contributed by atoms with Crippen molar-refractivity contribution in [2.75, 3.05) is 26.4 Å². The molecular weight excluding hydrogens is 196 g/mol. The molecule has 0 spiro atoms. The number of amides is 1. The van der Waals surface area contributed by atoms with Gasteiger partial charge in [0.15, 0.2) is 0 Å². The highest BCUT2D eigenvalue weighted by Gasteiger charge is 2.02. The summed E-state index contributed by atoms with van der Waals surface area (Å²) >= 11 is 0. The Morgan fingerprint density at radius 3 is 3.07 bits per heavy atom. The Kier molecular flexibility index (Phi) is 5.35. The first-order chi connectivity index (χ1) is 7.34. The van der Waals surface area contributed by atoms with E-state index in [9.17, 15) is 4.79 Å².